The molecule has 0 aromatic heterocycles. The van der Waals surface area contributed by atoms with Crippen molar-refractivity contribution in [2.45, 2.75) is 0 Å². The first kappa shape index (κ1) is 8.27. The molecule has 11 heavy (non-hydrogen) atoms. The molecular weight excluding hydrogens is 174 g/mol. The summed E-state index contributed by atoms with van der Waals surface area (Å²) in [5, 5.41) is 0.0615. The molecule has 4 heteroatoms. The van der Waals surface area contributed by atoms with E-state index >= 15 is 0 Å². The third-order valence-corrected chi connectivity index (χ3v) is 1.50. The Morgan fingerprint density at radius 1 is 1.36 bits per heavy atom. The second kappa shape index (κ2) is 3.05. The zero-order valence-corrected chi connectivity index (χ0v) is 6.45. The van der Waals surface area contributed by atoms with Crippen molar-refractivity contribution in [2.24, 2.45) is 0 Å². The summed E-state index contributed by atoms with van der Waals surface area (Å²) in [6, 6.07) is 2.18. The molecule has 1 nitrogen and oxygen atoms in total. The lowest BCUT2D eigenvalue weighted by atomic mass is 10.3. The normalized spacial score (nSPS) is 9.82. The fraction of sp³-hybridized carbons (Fsp3) is 0.143. The number of halogens is 3. The summed E-state index contributed by atoms with van der Waals surface area (Å²) in [4.78, 5) is 0. The monoisotopic (exact) mass is 178 g/mol. The van der Waals surface area contributed by atoms with Gasteiger partial charge in [-0.3, -0.25) is 0 Å². The molecule has 0 spiro atoms. The van der Waals surface area contributed by atoms with Crippen LogP contribution in [0.4, 0.5) is 8.78 Å². The molecule has 0 saturated carbocycles. The van der Waals surface area contributed by atoms with Gasteiger partial charge in [0.25, 0.3) is 0 Å². The van der Waals surface area contributed by atoms with Gasteiger partial charge in [0.1, 0.15) is 0 Å². The lowest BCUT2D eigenvalue weighted by Gasteiger charge is -2.03. The molecule has 1 aromatic carbocycles. The fourth-order valence-electron chi connectivity index (χ4n) is 0.696. The third-order valence-electron chi connectivity index (χ3n) is 1.21. The van der Waals surface area contributed by atoms with Crippen LogP contribution in [0.2, 0.25) is 5.02 Å². The highest BCUT2D eigenvalue weighted by Gasteiger charge is 2.11. The maximum absolute atomic E-state index is 12.7. The number of hydrogen-bond donors (Lipinski definition) is 0. The van der Waals surface area contributed by atoms with E-state index in [0.29, 0.717) is 0 Å². The van der Waals surface area contributed by atoms with E-state index in [1.165, 1.54) is 13.2 Å². The average Bonchev–Trinajstić information content (AvgIpc) is 1.99. The summed E-state index contributed by atoms with van der Waals surface area (Å²) < 4.78 is 29.6. The topological polar surface area (TPSA) is 9.23 Å². The van der Waals surface area contributed by atoms with E-state index in [9.17, 15) is 8.78 Å². The maximum Gasteiger partial charge on any atom is 0.202 e. The molecule has 0 radical (unpaired) electrons. The van der Waals surface area contributed by atoms with Gasteiger partial charge in [0, 0.05) is 0 Å². The molecule has 0 aliphatic heterocycles. The quantitative estimate of drug-likeness (QED) is 0.601. The van der Waals surface area contributed by atoms with Gasteiger partial charge in [-0.25, -0.2) is 4.39 Å². The standard InChI is InChI=1S/C7H5ClF2O/c1-11-7-4(8)2-3-5(9)6(7)10/h2-3H,1H3. The first-order chi connectivity index (χ1) is 5.16. The third kappa shape index (κ3) is 1.43. The predicted octanol–water partition coefficient (Wildman–Crippen LogP) is 2.63. The van der Waals surface area contributed by atoms with Crippen LogP contribution in [0.25, 0.3) is 0 Å². The zero-order chi connectivity index (χ0) is 8.43. The van der Waals surface area contributed by atoms with Gasteiger partial charge < -0.3 is 4.74 Å². The summed E-state index contributed by atoms with van der Waals surface area (Å²) in [6.45, 7) is 0. The van der Waals surface area contributed by atoms with Gasteiger partial charge in [-0.2, -0.15) is 4.39 Å². The first-order valence-corrected chi connectivity index (χ1v) is 3.22. The van der Waals surface area contributed by atoms with Crippen LogP contribution < -0.4 is 4.74 Å². The van der Waals surface area contributed by atoms with Crippen LogP contribution in [0.1, 0.15) is 0 Å². The highest BCUT2D eigenvalue weighted by Crippen LogP contribution is 2.28. The van der Waals surface area contributed by atoms with Crippen molar-refractivity contribution >= 4 is 11.6 Å². The van der Waals surface area contributed by atoms with E-state index in [-0.39, 0.29) is 10.8 Å². The average molecular weight is 179 g/mol. The molecule has 0 heterocycles. The molecule has 1 aromatic rings. The molecule has 0 aliphatic rings. The van der Waals surface area contributed by atoms with Crippen LogP contribution in [0.3, 0.4) is 0 Å². The zero-order valence-electron chi connectivity index (χ0n) is 5.70. The highest BCUT2D eigenvalue weighted by atomic mass is 35.5. The molecule has 60 valence electrons. The maximum atomic E-state index is 12.7. The van der Waals surface area contributed by atoms with Crippen molar-refractivity contribution in [3.63, 3.8) is 0 Å². The van der Waals surface area contributed by atoms with E-state index in [1.807, 2.05) is 0 Å². The Morgan fingerprint density at radius 2 is 2.00 bits per heavy atom. The molecule has 0 unspecified atom stereocenters. The van der Waals surface area contributed by atoms with Gasteiger partial charge in [-0.1, -0.05) is 11.6 Å². The van der Waals surface area contributed by atoms with Crippen molar-refractivity contribution < 1.29 is 13.5 Å². The molecule has 1 rings (SSSR count). The van der Waals surface area contributed by atoms with Crippen molar-refractivity contribution in [1.29, 1.82) is 0 Å². The van der Waals surface area contributed by atoms with Crippen LogP contribution in [-0.2, 0) is 0 Å². The van der Waals surface area contributed by atoms with Gasteiger partial charge >= 0.3 is 0 Å². The summed E-state index contributed by atoms with van der Waals surface area (Å²) in [7, 11) is 1.23. The van der Waals surface area contributed by atoms with E-state index in [1.54, 1.807) is 0 Å². The molecule has 0 atom stereocenters. The highest BCUT2D eigenvalue weighted by molar-refractivity contribution is 6.32. The molecule has 0 aliphatic carbocycles. The minimum atomic E-state index is -1.06. The van der Waals surface area contributed by atoms with Crippen LogP contribution in [0, 0.1) is 11.6 Å². The number of hydrogen-bond acceptors (Lipinski definition) is 1. The molecule has 0 bridgehead atoms. The molecular formula is C7H5ClF2O. The number of benzene rings is 1. The number of ether oxygens (including phenoxy) is 1. The summed E-state index contributed by atoms with van der Waals surface area (Å²) >= 11 is 5.47. The van der Waals surface area contributed by atoms with Crippen molar-refractivity contribution in [3.05, 3.63) is 28.8 Å². The predicted molar refractivity (Wildman–Crippen MR) is 37.9 cm³/mol. The van der Waals surface area contributed by atoms with Gasteiger partial charge in [0.05, 0.1) is 12.1 Å². The molecule has 0 amide bonds. The van der Waals surface area contributed by atoms with Crippen LogP contribution in [0.15, 0.2) is 12.1 Å². The summed E-state index contributed by atoms with van der Waals surface area (Å²) in [6.07, 6.45) is 0. The van der Waals surface area contributed by atoms with Crippen LogP contribution in [0.5, 0.6) is 5.75 Å². The Hall–Kier alpha value is -0.830. The summed E-state index contributed by atoms with van der Waals surface area (Å²) in [5.41, 5.74) is 0. The Morgan fingerprint density at radius 3 is 2.45 bits per heavy atom. The van der Waals surface area contributed by atoms with Crippen molar-refractivity contribution in [2.75, 3.05) is 7.11 Å². The Kier molecular flexibility index (Phi) is 2.29. The van der Waals surface area contributed by atoms with Crippen LogP contribution in [-0.4, -0.2) is 7.11 Å². The fourth-order valence-corrected chi connectivity index (χ4v) is 0.919. The minimum Gasteiger partial charge on any atom is -0.492 e. The Bertz CT molecular complexity index is 275. The van der Waals surface area contributed by atoms with Gasteiger partial charge in [-0.15, -0.1) is 0 Å². The number of rotatable bonds is 1. The van der Waals surface area contributed by atoms with E-state index < -0.39 is 11.6 Å². The lowest BCUT2D eigenvalue weighted by molar-refractivity contribution is 0.372. The second-order valence-corrected chi connectivity index (χ2v) is 2.28. The van der Waals surface area contributed by atoms with Gasteiger partial charge in [-0.05, 0) is 12.1 Å². The minimum absolute atomic E-state index is 0.0615. The van der Waals surface area contributed by atoms with E-state index in [2.05, 4.69) is 4.74 Å². The van der Waals surface area contributed by atoms with E-state index in [0.717, 1.165) is 6.07 Å². The first-order valence-electron chi connectivity index (χ1n) is 2.84. The molecule has 0 saturated heterocycles. The van der Waals surface area contributed by atoms with Crippen molar-refractivity contribution in [3.8, 4) is 5.75 Å². The summed E-state index contributed by atoms with van der Waals surface area (Å²) in [5.74, 6) is -2.28. The number of methoxy groups -OCH3 is 1. The van der Waals surface area contributed by atoms with Crippen molar-refractivity contribution in [1.82, 2.24) is 0 Å². The molecule has 0 N–H and O–H groups in total. The second-order valence-electron chi connectivity index (χ2n) is 1.88. The lowest BCUT2D eigenvalue weighted by Crippen LogP contribution is -1.92. The van der Waals surface area contributed by atoms with Gasteiger partial charge in [0.2, 0.25) is 5.82 Å². The van der Waals surface area contributed by atoms with E-state index in [4.69, 9.17) is 11.6 Å². The smallest absolute Gasteiger partial charge is 0.202 e. The van der Waals surface area contributed by atoms with Crippen LogP contribution >= 0.6 is 11.6 Å². The Balaban J connectivity index is 3.29. The molecule has 0 fully saturated rings. The van der Waals surface area contributed by atoms with Gasteiger partial charge in [0.15, 0.2) is 11.6 Å². The SMILES string of the molecule is COc1c(Cl)ccc(F)c1F. The largest absolute Gasteiger partial charge is 0.492 e. The Labute approximate surface area is 67.5 Å².